The summed E-state index contributed by atoms with van der Waals surface area (Å²) in [7, 11) is 1.36. The molecule has 0 spiro atoms. The Hall–Kier alpha value is -1.84. The number of aryl methyl sites for hydroxylation is 1. The summed E-state index contributed by atoms with van der Waals surface area (Å²) in [5.41, 5.74) is 2.31. The number of imidazole rings is 1. The van der Waals surface area contributed by atoms with Crippen LogP contribution in [0.5, 0.6) is 0 Å². The fraction of sp³-hybridized carbons (Fsp3) is 0.200. The first kappa shape index (κ1) is 8.74. The van der Waals surface area contributed by atoms with Gasteiger partial charge in [-0.25, -0.2) is 9.78 Å². The van der Waals surface area contributed by atoms with Gasteiger partial charge in [0.25, 0.3) is 0 Å². The maximum atomic E-state index is 11.2. The molecule has 0 saturated heterocycles. The normalized spacial score (nSPS) is 10.4. The number of pyridine rings is 1. The highest BCUT2D eigenvalue weighted by Crippen LogP contribution is 2.09. The summed E-state index contributed by atoms with van der Waals surface area (Å²) in [6.07, 6.45) is 3.57. The van der Waals surface area contributed by atoms with Gasteiger partial charge in [-0.3, -0.25) is 0 Å². The van der Waals surface area contributed by atoms with Crippen molar-refractivity contribution >= 4 is 11.6 Å². The van der Waals surface area contributed by atoms with E-state index < -0.39 is 0 Å². The van der Waals surface area contributed by atoms with Crippen molar-refractivity contribution in [1.82, 2.24) is 9.38 Å². The Morgan fingerprint density at radius 3 is 3.07 bits per heavy atom. The zero-order chi connectivity index (χ0) is 10.1. The number of aromatic nitrogens is 2. The van der Waals surface area contributed by atoms with Crippen LogP contribution in [0, 0.1) is 6.92 Å². The van der Waals surface area contributed by atoms with E-state index in [1.54, 1.807) is 18.3 Å². The number of carbonyl (C=O) groups is 1. The van der Waals surface area contributed by atoms with Gasteiger partial charge in [-0.2, -0.15) is 0 Å². The summed E-state index contributed by atoms with van der Waals surface area (Å²) in [6.45, 7) is 1.96. The Bertz CT molecular complexity index is 488. The van der Waals surface area contributed by atoms with Gasteiger partial charge in [0.05, 0.1) is 12.7 Å². The second-order valence-corrected chi connectivity index (χ2v) is 3.03. The van der Waals surface area contributed by atoms with E-state index in [9.17, 15) is 4.79 Å². The van der Waals surface area contributed by atoms with Crippen LogP contribution in [0.1, 0.15) is 16.1 Å². The summed E-state index contributed by atoms with van der Waals surface area (Å²) in [4.78, 5) is 15.4. The number of hydrogen-bond acceptors (Lipinski definition) is 3. The highest BCUT2D eigenvalue weighted by atomic mass is 16.5. The Morgan fingerprint density at radius 1 is 1.57 bits per heavy atom. The molecule has 14 heavy (non-hydrogen) atoms. The van der Waals surface area contributed by atoms with Crippen LogP contribution in [-0.4, -0.2) is 22.5 Å². The second kappa shape index (κ2) is 3.14. The maximum Gasteiger partial charge on any atom is 0.338 e. The minimum absolute atomic E-state index is 0.340. The van der Waals surface area contributed by atoms with E-state index in [-0.39, 0.29) is 5.97 Å². The van der Waals surface area contributed by atoms with E-state index in [0.29, 0.717) is 5.56 Å². The smallest absolute Gasteiger partial charge is 0.338 e. The van der Waals surface area contributed by atoms with E-state index >= 15 is 0 Å². The van der Waals surface area contributed by atoms with Crippen molar-refractivity contribution in [3.8, 4) is 0 Å². The first-order valence-electron chi connectivity index (χ1n) is 4.24. The fourth-order valence-electron chi connectivity index (χ4n) is 1.35. The van der Waals surface area contributed by atoms with Gasteiger partial charge in [0.1, 0.15) is 5.65 Å². The van der Waals surface area contributed by atoms with Gasteiger partial charge in [0, 0.05) is 18.1 Å². The van der Waals surface area contributed by atoms with Gasteiger partial charge in [0.2, 0.25) is 0 Å². The molecule has 0 fully saturated rings. The molecule has 0 bridgehead atoms. The SMILES string of the molecule is COC(=O)c1ccn2c(C)cnc2c1. The van der Waals surface area contributed by atoms with Crippen molar-refractivity contribution < 1.29 is 9.53 Å². The molecule has 2 heterocycles. The number of ether oxygens (including phenoxy) is 1. The second-order valence-electron chi connectivity index (χ2n) is 3.03. The number of fused-ring (bicyclic) bond motifs is 1. The number of methoxy groups -OCH3 is 1. The van der Waals surface area contributed by atoms with Gasteiger partial charge < -0.3 is 9.14 Å². The molecule has 2 rings (SSSR count). The first-order valence-corrected chi connectivity index (χ1v) is 4.24. The van der Waals surface area contributed by atoms with Crippen molar-refractivity contribution in [2.24, 2.45) is 0 Å². The molecule has 0 radical (unpaired) electrons. The molecular formula is C10H10N2O2. The summed E-state index contributed by atoms with van der Waals surface area (Å²) in [5.74, 6) is -0.340. The molecule has 72 valence electrons. The third kappa shape index (κ3) is 1.25. The largest absolute Gasteiger partial charge is 0.465 e. The van der Waals surface area contributed by atoms with Crippen LogP contribution in [0.25, 0.3) is 5.65 Å². The minimum Gasteiger partial charge on any atom is -0.465 e. The molecule has 0 saturated carbocycles. The maximum absolute atomic E-state index is 11.2. The van der Waals surface area contributed by atoms with E-state index in [1.807, 2.05) is 17.5 Å². The highest BCUT2D eigenvalue weighted by molar-refractivity contribution is 5.90. The van der Waals surface area contributed by atoms with Crippen LogP contribution in [0.15, 0.2) is 24.5 Å². The molecule has 0 amide bonds. The average Bonchev–Trinajstić information content (AvgIpc) is 2.59. The monoisotopic (exact) mass is 190 g/mol. The van der Waals surface area contributed by atoms with E-state index in [4.69, 9.17) is 0 Å². The molecule has 0 aliphatic rings. The third-order valence-corrected chi connectivity index (χ3v) is 2.12. The molecule has 0 aliphatic carbocycles. The standard InChI is InChI=1S/C10H10N2O2/c1-7-6-11-9-5-8(10(13)14-2)3-4-12(7)9/h3-6H,1-2H3. The number of nitrogens with zero attached hydrogens (tertiary/aromatic N) is 2. The third-order valence-electron chi connectivity index (χ3n) is 2.12. The van der Waals surface area contributed by atoms with Gasteiger partial charge in [-0.15, -0.1) is 0 Å². The lowest BCUT2D eigenvalue weighted by atomic mass is 10.3. The lowest BCUT2D eigenvalue weighted by Crippen LogP contribution is -2.02. The Balaban J connectivity index is 2.57. The summed E-state index contributed by atoms with van der Waals surface area (Å²) >= 11 is 0. The predicted molar refractivity (Wildman–Crippen MR) is 51.3 cm³/mol. The van der Waals surface area contributed by atoms with Crippen LogP contribution in [0.3, 0.4) is 0 Å². The fourth-order valence-corrected chi connectivity index (χ4v) is 1.35. The Morgan fingerprint density at radius 2 is 2.36 bits per heavy atom. The number of carbonyl (C=O) groups excluding carboxylic acids is 1. The molecule has 0 N–H and O–H groups in total. The topological polar surface area (TPSA) is 43.6 Å². The summed E-state index contributed by atoms with van der Waals surface area (Å²) in [6, 6.07) is 3.42. The lowest BCUT2D eigenvalue weighted by Gasteiger charge is -2.00. The molecule has 0 aromatic carbocycles. The zero-order valence-corrected chi connectivity index (χ0v) is 8.02. The minimum atomic E-state index is -0.340. The van der Waals surface area contributed by atoms with E-state index in [0.717, 1.165) is 11.3 Å². The van der Waals surface area contributed by atoms with Crippen molar-refractivity contribution in [3.05, 3.63) is 35.8 Å². The van der Waals surface area contributed by atoms with Gasteiger partial charge in [-0.1, -0.05) is 0 Å². The molecular weight excluding hydrogens is 180 g/mol. The molecule has 2 aromatic rings. The Kier molecular flexibility index (Phi) is 1.96. The van der Waals surface area contributed by atoms with Crippen LogP contribution in [0.4, 0.5) is 0 Å². The quantitative estimate of drug-likeness (QED) is 0.639. The molecule has 4 nitrogen and oxygen atoms in total. The van der Waals surface area contributed by atoms with Gasteiger partial charge in [-0.05, 0) is 19.1 Å². The number of esters is 1. The van der Waals surface area contributed by atoms with Crippen LogP contribution < -0.4 is 0 Å². The van der Waals surface area contributed by atoms with Crippen LogP contribution in [0.2, 0.25) is 0 Å². The molecule has 0 unspecified atom stereocenters. The highest BCUT2D eigenvalue weighted by Gasteiger charge is 2.07. The Labute approximate surface area is 81.1 Å². The summed E-state index contributed by atoms with van der Waals surface area (Å²) < 4.78 is 6.53. The van der Waals surface area contributed by atoms with Crippen LogP contribution >= 0.6 is 0 Å². The van der Waals surface area contributed by atoms with Gasteiger partial charge >= 0.3 is 5.97 Å². The lowest BCUT2D eigenvalue weighted by molar-refractivity contribution is 0.0600. The van der Waals surface area contributed by atoms with Crippen molar-refractivity contribution in [2.75, 3.05) is 7.11 Å². The van der Waals surface area contributed by atoms with E-state index in [1.165, 1.54) is 7.11 Å². The molecule has 2 aromatic heterocycles. The van der Waals surface area contributed by atoms with Crippen molar-refractivity contribution in [3.63, 3.8) is 0 Å². The average molecular weight is 190 g/mol. The number of rotatable bonds is 1. The summed E-state index contributed by atoms with van der Waals surface area (Å²) in [5, 5.41) is 0. The molecule has 4 heteroatoms. The van der Waals surface area contributed by atoms with Crippen molar-refractivity contribution in [1.29, 1.82) is 0 Å². The molecule has 0 atom stereocenters. The predicted octanol–water partition coefficient (Wildman–Crippen LogP) is 1.43. The van der Waals surface area contributed by atoms with Gasteiger partial charge in [0.15, 0.2) is 0 Å². The van der Waals surface area contributed by atoms with E-state index in [2.05, 4.69) is 9.72 Å². The van der Waals surface area contributed by atoms with Crippen molar-refractivity contribution in [2.45, 2.75) is 6.92 Å². The number of hydrogen-bond donors (Lipinski definition) is 0. The zero-order valence-electron chi connectivity index (χ0n) is 8.02. The molecule has 0 aliphatic heterocycles. The van der Waals surface area contributed by atoms with Crippen LogP contribution in [-0.2, 0) is 4.74 Å². The first-order chi connectivity index (χ1) is 6.72.